The standard InChI is InChI=1S/C18H16Cl2N2O2/c19-14-4-1-5-15(12-14)24-16-6-7-18(17(20)13-16)23-11-3-10-22-9-2-8-21-22/h1-2,4-9,12-13H,3,10-11H2. The molecular formula is C18H16Cl2N2O2. The van der Waals surface area contributed by atoms with Crippen LogP contribution in [0.4, 0.5) is 0 Å². The molecule has 4 nitrogen and oxygen atoms in total. The van der Waals surface area contributed by atoms with Crippen LogP contribution in [-0.4, -0.2) is 16.4 Å². The Morgan fingerprint density at radius 3 is 2.62 bits per heavy atom. The third kappa shape index (κ3) is 4.66. The largest absolute Gasteiger partial charge is 0.492 e. The van der Waals surface area contributed by atoms with Gasteiger partial charge in [-0.1, -0.05) is 29.3 Å². The molecule has 1 aromatic heterocycles. The molecule has 0 amide bonds. The van der Waals surface area contributed by atoms with Gasteiger partial charge in [0.2, 0.25) is 0 Å². The Balaban J connectivity index is 1.54. The molecule has 3 rings (SSSR count). The summed E-state index contributed by atoms with van der Waals surface area (Å²) in [7, 11) is 0. The first-order chi connectivity index (χ1) is 11.7. The molecule has 2 aromatic carbocycles. The minimum Gasteiger partial charge on any atom is -0.492 e. The third-order valence-electron chi connectivity index (χ3n) is 3.28. The summed E-state index contributed by atoms with van der Waals surface area (Å²) in [5, 5.41) is 5.27. The Bertz CT molecular complexity index is 791. The first kappa shape index (κ1) is 16.7. The van der Waals surface area contributed by atoms with Crippen LogP contribution >= 0.6 is 23.2 Å². The summed E-state index contributed by atoms with van der Waals surface area (Å²) >= 11 is 12.2. The molecule has 0 aliphatic carbocycles. The Morgan fingerprint density at radius 2 is 1.88 bits per heavy atom. The Hall–Kier alpha value is -2.17. The van der Waals surface area contributed by atoms with Crippen LogP contribution in [0.3, 0.4) is 0 Å². The number of ether oxygens (including phenoxy) is 2. The van der Waals surface area contributed by atoms with Gasteiger partial charge in [-0.3, -0.25) is 4.68 Å². The smallest absolute Gasteiger partial charge is 0.138 e. The van der Waals surface area contributed by atoms with E-state index in [2.05, 4.69) is 5.10 Å². The molecule has 6 heteroatoms. The maximum absolute atomic E-state index is 6.26. The molecule has 0 unspecified atom stereocenters. The number of aromatic nitrogens is 2. The van der Waals surface area contributed by atoms with E-state index in [0.717, 1.165) is 13.0 Å². The van der Waals surface area contributed by atoms with Crippen molar-refractivity contribution in [3.63, 3.8) is 0 Å². The van der Waals surface area contributed by atoms with Crippen molar-refractivity contribution in [1.29, 1.82) is 0 Å². The van der Waals surface area contributed by atoms with Crippen LogP contribution in [0, 0.1) is 0 Å². The highest BCUT2D eigenvalue weighted by Gasteiger charge is 2.05. The van der Waals surface area contributed by atoms with E-state index in [1.807, 2.05) is 35.1 Å². The van der Waals surface area contributed by atoms with Crippen LogP contribution in [0.5, 0.6) is 17.2 Å². The molecule has 24 heavy (non-hydrogen) atoms. The molecule has 1 heterocycles. The Labute approximate surface area is 150 Å². The van der Waals surface area contributed by atoms with Gasteiger partial charge >= 0.3 is 0 Å². The van der Waals surface area contributed by atoms with Crippen LogP contribution in [0.2, 0.25) is 10.0 Å². The summed E-state index contributed by atoms with van der Waals surface area (Å²) in [5.74, 6) is 1.92. The molecule has 0 atom stereocenters. The third-order valence-corrected chi connectivity index (χ3v) is 3.81. The maximum atomic E-state index is 6.26. The fraction of sp³-hybridized carbons (Fsp3) is 0.167. The molecule has 124 valence electrons. The van der Waals surface area contributed by atoms with Gasteiger partial charge in [0.15, 0.2) is 0 Å². The zero-order valence-electron chi connectivity index (χ0n) is 12.9. The van der Waals surface area contributed by atoms with Gasteiger partial charge in [-0.25, -0.2) is 0 Å². The van der Waals surface area contributed by atoms with Crippen LogP contribution in [-0.2, 0) is 6.54 Å². The van der Waals surface area contributed by atoms with Crippen molar-refractivity contribution < 1.29 is 9.47 Å². The van der Waals surface area contributed by atoms with Gasteiger partial charge in [0.1, 0.15) is 17.2 Å². The molecule has 0 N–H and O–H groups in total. The minimum atomic E-state index is 0.508. The number of rotatable bonds is 7. The van der Waals surface area contributed by atoms with Crippen molar-refractivity contribution in [1.82, 2.24) is 9.78 Å². The number of nitrogens with zero attached hydrogens (tertiary/aromatic N) is 2. The second-order valence-electron chi connectivity index (χ2n) is 5.12. The summed E-state index contributed by atoms with van der Waals surface area (Å²) in [6.45, 7) is 1.37. The van der Waals surface area contributed by atoms with Gasteiger partial charge < -0.3 is 9.47 Å². The van der Waals surface area contributed by atoms with Crippen molar-refractivity contribution in [3.05, 3.63) is 71.0 Å². The van der Waals surface area contributed by atoms with E-state index in [9.17, 15) is 0 Å². The number of benzene rings is 2. The number of halogens is 2. The molecule has 0 bridgehead atoms. The van der Waals surface area contributed by atoms with Crippen LogP contribution in [0.15, 0.2) is 60.9 Å². The normalized spacial score (nSPS) is 10.6. The SMILES string of the molecule is Clc1cccc(Oc2ccc(OCCCn3cccn3)c(Cl)c2)c1. The van der Waals surface area contributed by atoms with Crippen LogP contribution in [0.25, 0.3) is 0 Å². The molecule has 0 fully saturated rings. The molecule has 3 aromatic rings. The lowest BCUT2D eigenvalue weighted by atomic mass is 10.3. The zero-order chi connectivity index (χ0) is 16.8. The highest BCUT2D eigenvalue weighted by Crippen LogP contribution is 2.32. The minimum absolute atomic E-state index is 0.508. The highest BCUT2D eigenvalue weighted by atomic mass is 35.5. The van der Waals surface area contributed by atoms with Crippen molar-refractivity contribution in [2.75, 3.05) is 6.61 Å². The average Bonchev–Trinajstić information content (AvgIpc) is 3.07. The first-order valence-electron chi connectivity index (χ1n) is 7.54. The Morgan fingerprint density at radius 1 is 1.00 bits per heavy atom. The van der Waals surface area contributed by atoms with Crippen molar-refractivity contribution in [2.45, 2.75) is 13.0 Å². The van der Waals surface area contributed by atoms with Gasteiger partial charge in [0.25, 0.3) is 0 Å². The lowest BCUT2D eigenvalue weighted by Gasteiger charge is -2.11. The average molecular weight is 363 g/mol. The molecule has 0 spiro atoms. The van der Waals surface area contributed by atoms with Gasteiger partial charge in [-0.05, 0) is 36.4 Å². The quantitative estimate of drug-likeness (QED) is 0.524. The van der Waals surface area contributed by atoms with Crippen molar-refractivity contribution in [2.24, 2.45) is 0 Å². The second kappa shape index (κ2) is 8.08. The van der Waals surface area contributed by atoms with E-state index >= 15 is 0 Å². The van der Waals surface area contributed by atoms with E-state index in [-0.39, 0.29) is 0 Å². The van der Waals surface area contributed by atoms with Gasteiger partial charge in [0, 0.05) is 36.4 Å². The van der Waals surface area contributed by atoms with Gasteiger partial charge in [-0.15, -0.1) is 0 Å². The van der Waals surface area contributed by atoms with E-state index in [1.54, 1.807) is 30.5 Å². The zero-order valence-corrected chi connectivity index (χ0v) is 14.4. The fourth-order valence-electron chi connectivity index (χ4n) is 2.17. The summed E-state index contributed by atoms with van der Waals surface area (Å²) in [6.07, 6.45) is 4.53. The summed E-state index contributed by atoms with van der Waals surface area (Å²) in [5.41, 5.74) is 0. The highest BCUT2D eigenvalue weighted by molar-refractivity contribution is 6.32. The molecule has 0 saturated carbocycles. The molecule has 0 radical (unpaired) electrons. The number of hydrogen-bond acceptors (Lipinski definition) is 3. The summed E-state index contributed by atoms with van der Waals surface area (Å²) in [6, 6.07) is 14.4. The summed E-state index contributed by atoms with van der Waals surface area (Å²) in [4.78, 5) is 0. The monoisotopic (exact) mass is 362 g/mol. The van der Waals surface area contributed by atoms with Crippen LogP contribution < -0.4 is 9.47 Å². The predicted molar refractivity (Wildman–Crippen MR) is 95.3 cm³/mol. The first-order valence-corrected chi connectivity index (χ1v) is 8.29. The number of hydrogen-bond donors (Lipinski definition) is 0. The predicted octanol–water partition coefficient (Wildman–Crippen LogP) is 5.45. The van der Waals surface area contributed by atoms with E-state index in [4.69, 9.17) is 32.7 Å². The van der Waals surface area contributed by atoms with E-state index in [1.165, 1.54) is 0 Å². The van der Waals surface area contributed by atoms with Crippen molar-refractivity contribution in [3.8, 4) is 17.2 Å². The molecule has 0 saturated heterocycles. The number of aryl methyl sites for hydroxylation is 1. The maximum Gasteiger partial charge on any atom is 0.138 e. The van der Waals surface area contributed by atoms with Gasteiger partial charge in [0.05, 0.1) is 11.6 Å². The van der Waals surface area contributed by atoms with Crippen LogP contribution in [0.1, 0.15) is 6.42 Å². The molecule has 0 aliphatic heterocycles. The molecule has 0 aliphatic rings. The van der Waals surface area contributed by atoms with Crippen molar-refractivity contribution >= 4 is 23.2 Å². The Kier molecular flexibility index (Phi) is 5.62. The lowest BCUT2D eigenvalue weighted by molar-refractivity contribution is 0.298. The lowest BCUT2D eigenvalue weighted by Crippen LogP contribution is -2.05. The van der Waals surface area contributed by atoms with E-state index < -0.39 is 0 Å². The van der Waals surface area contributed by atoms with Gasteiger partial charge in [-0.2, -0.15) is 5.10 Å². The second-order valence-corrected chi connectivity index (χ2v) is 5.97. The molecular weight excluding hydrogens is 347 g/mol. The topological polar surface area (TPSA) is 36.3 Å². The summed E-state index contributed by atoms with van der Waals surface area (Å²) < 4.78 is 13.3. The van der Waals surface area contributed by atoms with E-state index in [0.29, 0.717) is 33.9 Å². The fourth-order valence-corrected chi connectivity index (χ4v) is 2.58.